The van der Waals surface area contributed by atoms with E-state index in [1.54, 1.807) is 13.0 Å². The number of benzene rings is 1. The normalized spacial score (nSPS) is 16.8. The van der Waals surface area contributed by atoms with E-state index in [-0.39, 0.29) is 11.8 Å². The fourth-order valence-corrected chi connectivity index (χ4v) is 2.34. The zero-order valence-corrected chi connectivity index (χ0v) is 11.1. The molecule has 102 valence electrons. The predicted molar refractivity (Wildman–Crippen MR) is 72.2 cm³/mol. The number of aryl methyl sites for hydroxylation is 1. The van der Waals surface area contributed by atoms with Crippen molar-refractivity contribution in [1.29, 1.82) is 0 Å². The minimum atomic E-state index is -0.774. The molecular formula is C14H18N2O3. The number of nitrogens with zero attached hydrogens (tertiary/aromatic N) is 1. The highest BCUT2D eigenvalue weighted by atomic mass is 16.4. The number of hydrogen-bond donors (Lipinski definition) is 2. The molecule has 1 unspecified atom stereocenters. The van der Waals surface area contributed by atoms with Gasteiger partial charge in [0, 0.05) is 24.7 Å². The summed E-state index contributed by atoms with van der Waals surface area (Å²) in [6.45, 7) is 4.97. The van der Waals surface area contributed by atoms with Crippen LogP contribution < -0.4 is 10.6 Å². The molecule has 1 heterocycles. The summed E-state index contributed by atoms with van der Waals surface area (Å²) in [6, 6.07) is 5.49. The highest BCUT2D eigenvalue weighted by Crippen LogP contribution is 2.32. The van der Waals surface area contributed by atoms with Crippen molar-refractivity contribution < 1.29 is 14.7 Å². The summed E-state index contributed by atoms with van der Waals surface area (Å²) in [5.74, 6) is -1.47. The number of carbonyl (C=O) groups is 2. The van der Waals surface area contributed by atoms with Crippen LogP contribution in [0.25, 0.3) is 0 Å². The molecule has 1 amide bonds. The lowest BCUT2D eigenvalue weighted by molar-refractivity contribution is -0.143. The first-order chi connectivity index (χ1) is 8.90. The third-order valence-corrected chi connectivity index (χ3v) is 3.77. The summed E-state index contributed by atoms with van der Waals surface area (Å²) in [5.41, 5.74) is 7.71. The number of anilines is 1. The van der Waals surface area contributed by atoms with Gasteiger partial charge in [0.1, 0.15) is 0 Å². The Morgan fingerprint density at radius 2 is 2.05 bits per heavy atom. The van der Waals surface area contributed by atoms with Crippen molar-refractivity contribution in [1.82, 2.24) is 0 Å². The largest absolute Gasteiger partial charge is 0.481 e. The molecule has 1 aromatic carbocycles. The van der Waals surface area contributed by atoms with E-state index in [0.717, 1.165) is 11.3 Å². The molecule has 0 saturated carbocycles. The topological polar surface area (TPSA) is 83.6 Å². The molecule has 0 aromatic heterocycles. The number of hydrogen-bond acceptors (Lipinski definition) is 3. The van der Waals surface area contributed by atoms with Crippen molar-refractivity contribution in [2.45, 2.75) is 13.8 Å². The minimum absolute atomic E-state index is 0.124. The number of carboxylic acid groups (broad SMARTS) is 1. The van der Waals surface area contributed by atoms with Gasteiger partial charge in [0.2, 0.25) is 0 Å². The number of carboxylic acids is 1. The van der Waals surface area contributed by atoms with E-state index in [1.165, 1.54) is 0 Å². The van der Waals surface area contributed by atoms with Crippen molar-refractivity contribution in [3.8, 4) is 0 Å². The van der Waals surface area contributed by atoms with Crippen LogP contribution in [0.15, 0.2) is 18.2 Å². The molecule has 1 aliphatic rings. The Labute approximate surface area is 112 Å². The van der Waals surface area contributed by atoms with Gasteiger partial charge in [-0.1, -0.05) is 13.0 Å². The third-order valence-electron chi connectivity index (χ3n) is 3.77. The van der Waals surface area contributed by atoms with Gasteiger partial charge in [-0.2, -0.15) is 0 Å². The molecular weight excluding hydrogens is 244 g/mol. The highest BCUT2D eigenvalue weighted by molar-refractivity contribution is 5.99. The van der Waals surface area contributed by atoms with E-state index in [1.807, 2.05) is 24.0 Å². The van der Waals surface area contributed by atoms with E-state index in [9.17, 15) is 9.59 Å². The lowest BCUT2D eigenvalue weighted by Crippen LogP contribution is -2.51. The zero-order chi connectivity index (χ0) is 14.2. The Kier molecular flexibility index (Phi) is 3.46. The third kappa shape index (κ3) is 2.54. The van der Waals surface area contributed by atoms with Crippen LogP contribution in [0.4, 0.5) is 5.69 Å². The Bertz CT molecular complexity index is 521. The lowest BCUT2D eigenvalue weighted by Gasteiger charge is -2.43. The van der Waals surface area contributed by atoms with Gasteiger partial charge in [-0.05, 0) is 24.6 Å². The first kappa shape index (κ1) is 13.4. The molecule has 0 aliphatic carbocycles. The first-order valence-electron chi connectivity index (χ1n) is 6.28. The summed E-state index contributed by atoms with van der Waals surface area (Å²) in [6.07, 6.45) is 0. The van der Waals surface area contributed by atoms with Crippen LogP contribution in [0.3, 0.4) is 0 Å². The van der Waals surface area contributed by atoms with Crippen molar-refractivity contribution in [3.05, 3.63) is 29.3 Å². The van der Waals surface area contributed by atoms with Crippen LogP contribution in [0.1, 0.15) is 22.8 Å². The van der Waals surface area contributed by atoms with Crippen LogP contribution in [0.2, 0.25) is 0 Å². The summed E-state index contributed by atoms with van der Waals surface area (Å²) >= 11 is 0. The fraction of sp³-hybridized carbons (Fsp3) is 0.429. The second-order valence-corrected chi connectivity index (χ2v) is 5.18. The number of amides is 1. The summed E-state index contributed by atoms with van der Waals surface area (Å²) < 4.78 is 0. The molecule has 0 bridgehead atoms. The number of aliphatic carboxylic acids is 1. The Morgan fingerprint density at radius 1 is 1.42 bits per heavy atom. The number of nitrogens with two attached hydrogens (primary N) is 1. The Morgan fingerprint density at radius 3 is 2.58 bits per heavy atom. The molecule has 5 nitrogen and oxygen atoms in total. The van der Waals surface area contributed by atoms with Gasteiger partial charge >= 0.3 is 5.97 Å². The standard InChI is InChI=1S/C14H18N2O3/c1-8-3-4-11(13(15)17)12(5-8)16-6-10(7-16)9(2)14(18)19/h3-5,9-10H,6-7H2,1-2H3,(H2,15,17)(H,18,19). The van der Waals surface area contributed by atoms with Crippen LogP contribution in [-0.4, -0.2) is 30.1 Å². The second-order valence-electron chi connectivity index (χ2n) is 5.18. The first-order valence-corrected chi connectivity index (χ1v) is 6.28. The molecule has 0 radical (unpaired) electrons. The molecule has 1 aromatic rings. The molecule has 0 spiro atoms. The van der Waals surface area contributed by atoms with Crippen LogP contribution >= 0.6 is 0 Å². The van der Waals surface area contributed by atoms with Crippen molar-refractivity contribution in [2.75, 3.05) is 18.0 Å². The average Bonchev–Trinajstić information content (AvgIpc) is 2.26. The number of primary amides is 1. The highest BCUT2D eigenvalue weighted by Gasteiger charge is 2.35. The summed E-state index contributed by atoms with van der Waals surface area (Å²) in [4.78, 5) is 24.3. The van der Waals surface area contributed by atoms with Gasteiger partial charge in [-0.3, -0.25) is 9.59 Å². The van der Waals surface area contributed by atoms with Crippen molar-refractivity contribution in [3.63, 3.8) is 0 Å². The van der Waals surface area contributed by atoms with E-state index < -0.39 is 11.9 Å². The van der Waals surface area contributed by atoms with Crippen molar-refractivity contribution in [2.24, 2.45) is 17.6 Å². The van der Waals surface area contributed by atoms with Crippen LogP contribution in [0.5, 0.6) is 0 Å². The van der Waals surface area contributed by atoms with E-state index in [2.05, 4.69) is 0 Å². The molecule has 5 heteroatoms. The summed E-state index contributed by atoms with van der Waals surface area (Å²) in [7, 11) is 0. The summed E-state index contributed by atoms with van der Waals surface area (Å²) in [5, 5.41) is 8.97. The molecule has 1 atom stereocenters. The van der Waals surface area contributed by atoms with Gasteiger partial charge in [-0.25, -0.2) is 0 Å². The molecule has 3 N–H and O–H groups in total. The maximum Gasteiger partial charge on any atom is 0.306 e. The average molecular weight is 262 g/mol. The van der Waals surface area contributed by atoms with Gasteiger partial charge in [-0.15, -0.1) is 0 Å². The molecule has 19 heavy (non-hydrogen) atoms. The smallest absolute Gasteiger partial charge is 0.306 e. The molecule has 1 fully saturated rings. The molecule has 1 saturated heterocycles. The number of rotatable bonds is 4. The molecule has 1 aliphatic heterocycles. The van der Waals surface area contributed by atoms with Crippen LogP contribution in [-0.2, 0) is 4.79 Å². The Balaban J connectivity index is 2.15. The maximum atomic E-state index is 11.4. The second kappa shape index (κ2) is 4.91. The van der Waals surface area contributed by atoms with Gasteiger partial charge in [0.25, 0.3) is 5.91 Å². The lowest BCUT2D eigenvalue weighted by atomic mass is 9.86. The van der Waals surface area contributed by atoms with Gasteiger partial charge in [0.05, 0.1) is 11.5 Å². The monoisotopic (exact) mass is 262 g/mol. The predicted octanol–water partition coefficient (Wildman–Crippen LogP) is 1.25. The Hall–Kier alpha value is -2.04. The SMILES string of the molecule is Cc1ccc(C(N)=O)c(N2CC(C(C)C(=O)O)C2)c1. The minimum Gasteiger partial charge on any atom is -0.481 e. The maximum absolute atomic E-state index is 11.4. The molecule has 2 rings (SSSR count). The zero-order valence-electron chi connectivity index (χ0n) is 11.1. The van der Waals surface area contributed by atoms with Gasteiger partial charge in [0.15, 0.2) is 0 Å². The fourth-order valence-electron chi connectivity index (χ4n) is 2.34. The quantitative estimate of drug-likeness (QED) is 0.855. The van der Waals surface area contributed by atoms with E-state index in [4.69, 9.17) is 10.8 Å². The van der Waals surface area contributed by atoms with Crippen molar-refractivity contribution >= 4 is 17.6 Å². The van der Waals surface area contributed by atoms with E-state index in [0.29, 0.717) is 18.7 Å². The van der Waals surface area contributed by atoms with Crippen LogP contribution in [0, 0.1) is 18.8 Å². The number of carbonyl (C=O) groups excluding carboxylic acids is 1. The van der Waals surface area contributed by atoms with Gasteiger partial charge < -0.3 is 15.7 Å². The van der Waals surface area contributed by atoms with E-state index >= 15 is 0 Å².